The fraction of sp³-hybridized carbons (Fsp3) is 0.292. The summed E-state index contributed by atoms with van der Waals surface area (Å²) in [6.45, 7) is 4.74. The van der Waals surface area contributed by atoms with Crippen LogP contribution in [0.3, 0.4) is 0 Å². The van der Waals surface area contributed by atoms with Crippen LogP contribution < -0.4 is 4.74 Å². The molecule has 0 spiro atoms. The molecule has 0 saturated carbocycles. The van der Waals surface area contributed by atoms with E-state index in [0.717, 1.165) is 10.9 Å². The molecular formula is C24H25BrN2O5. The Morgan fingerprint density at radius 3 is 2.34 bits per heavy atom. The molecule has 1 heterocycles. The van der Waals surface area contributed by atoms with Crippen LogP contribution in [0.15, 0.2) is 53.0 Å². The average molecular weight is 501 g/mol. The van der Waals surface area contributed by atoms with Gasteiger partial charge in [0.1, 0.15) is 17.0 Å². The van der Waals surface area contributed by atoms with Gasteiger partial charge in [-0.25, -0.2) is 14.3 Å². The van der Waals surface area contributed by atoms with E-state index in [4.69, 9.17) is 14.2 Å². The summed E-state index contributed by atoms with van der Waals surface area (Å²) in [6, 6.07) is 14.5. The van der Waals surface area contributed by atoms with Crippen molar-refractivity contribution in [3.05, 3.63) is 64.3 Å². The van der Waals surface area contributed by atoms with E-state index >= 15 is 0 Å². The van der Waals surface area contributed by atoms with Crippen molar-refractivity contribution in [3.8, 4) is 22.7 Å². The Kier molecular flexibility index (Phi) is 7.69. The zero-order valence-corrected chi connectivity index (χ0v) is 20.0. The van der Waals surface area contributed by atoms with E-state index in [1.54, 1.807) is 24.3 Å². The maximum Gasteiger partial charge on any atom is 0.357 e. The average Bonchev–Trinajstić information content (AvgIpc) is 3.19. The molecule has 0 saturated heterocycles. The fourth-order valence-electron chi connectivity index (χ4n) is 3.16. The van der Waals surface area contributed by atoms with Gasteiger partial charge in [-0.3, -0.25) is 0 Å². The van der Waals surface area contributed by atoms with Crippen molar-refractivity contribution in [1.82, 2.24) is 9.78 Å². The summed E-state index contributed by atoms with van der Waals surface area (Å²) >= 11 is 3.48. The molecule has 0 radical (unpaired) electrons. The van der Waals surface area contributed by atoms with Gasteiger partial charge in [0.2, 0.25) is 0 Å². The summed E-state index contributed by atoms with van der Waals surface area (Å²) in [6.07, 6.45) is 0.866. The number of benzene rings is 2. The first-order valence-electron chi connectivity index (χ1n) is 10.1. The van der Waals surface area contributed by atoms with E-state index in [0.29, 0.717) is 29.5 Å². The minimum Gasteiger partial charge on any atom is -0.493 e. The zero-order valence-electron chi connectivity index (χ0n) is 18.4. The SMILES string of the molecule is COC(=O)c1c(-c2cc(Br)ccc2OCCC(C)C)nn(-c2ccccc2)c1C(=O)OC. The highest BCUT2D eigenvalue weighted by Crippen LogP contribution is 2.37. The van der Waals surface area contributed by atoms with Crippen LogP contribution in [-0.2, 0) is 9.47 Å². The largest absolute Gasteiger partial charge is 0.493 e. The summed E-state index contributed by atoms with van der Waals surface area (Å²) in [5.74, 6) is -0.378. The number of hydrogen-bond acceptors (Lipinski definition) is 6. The van der Waals surface area contributed by atoms with Gasteiger partial charge in [0, 0.05) is 10.0 Å². The van der Waals surface area contributed by atoms with Crippen molar-refractivity contribution in [2.24, 2.45) is 5.92 Å². The minimum absolute atomic E-state index is 0.00927. The molecule has 7 nitrogen and oxygen atoms in total. The summed E-state index contributed by atoms with van der Waals surface area (Å²) in [7, 11) is 2.51. The lowest BCUT2D eigenvalue weighted by Crippen LogP contribution is -2.15. The Labute approximate surface area is 195 Å². The van der Waals surface area contributed by atoms with Gasteiger partial charge in [-0.05, 0) is 42.7 Å². The van der Waals surface area contributed by atoms with E-state index < -0.39 is 11.9 Å². The monoisotopic (exact) mass is 500 g/mol. The van der Waals surface area contributed by atoms with E-state index in [-0.39, 0.29) is 17.0 Å². The molecule has 2 aromatic carbocycles. The lowest BCUT2D eigenvalue weighted by Gasteiger charge is -2.13. The highest BCUT2D eigenvalue weighted by molar-refractivity contribution is 9.10. The van der Waals surface area contributed by atoms with Crippen molar-refractivity contribution in [3.63, 3.8) is 0 Å². The molecule has 3 rings (SSSR count). The van der Waals surface area contributed by atoms with Crippen molar-refractivity contribution in [2.75, 3.05) is 20.8 Å². The maximum atomic E-state index is 12.9. The number of hydrogen-bond donors (Lipinski definition) is 0. The highest BCUT2D eigenvalue weighted by Gasteiger charge is 2.32. The van der Waals surface area contributed by atoms with Crippen LogP contribution in [0, 0.1) is 5.92 Å². The lowest BCUT2D eigenvalue weighted by atomic mass is 10.0. The molecule has 0 bridgehead atoms. The molecule has 3 aromatic rings. The number of ether oxygens (including phenoxy) is 3. The predicted molar refractivity (Wildman–Crippen MR) is 124 cm³/mol. The van der Waals surface area contributed by atoms with Crippen LogP contribution in [-0.4, -0.2) is 42.5 Å². The number of aromatic nitrogens is 2. The molecule has 168 valence electrons. The number of rotatable bonds is 8. The summed E-state index contributed by atoms with van der Waals surface area (Å²) in [4.78, 5) is 25.6. The first kappa shape index (κ1) is 23.5. The molecule has 0 fully saturated rings. The van der Waals surface area contributed by atoms with E-state index in [2.05, 4.69) is 34.9 Å². The molecule has 0 unspecified atom stereocenters. The molecule has 0 aliphatic heterocycles. The molecule has 1 aromatic heterocycles. The minimum atomic E-state index is -0.703. The van der Waals surface area contributed by atoms with Crippen LogP contribution >= 0.6 is 15.9 Å². The summed E-state index contributed by atoms with van der Waals surface area (Å²) in [5.41, 5.74) is 1.41. The van der Waals surface area contributed by atoms with Crippen LogP contribution in [0.4, 0.5) is 0 Å². The molecule has 0 N–H and O–H groups in total. The third kappa shape index (κ3) is 5.02. The van der Waals surface area contributed by atoms with Gasteiger partial charge in [0.05, 0.1) is 26.5 Å². The number of carbonyl (C=O) groups excluding carboxylic acids is 2. The third-order valence-electron chi connectivity index (χ3n) is 4.80. The highest BCUT2D eigenvalue weighted by atomic mass is 79.9. The molecular weight excluding hydrogens is 476 g/mol. The smallest absolute Gasteiger partial charge is 0.357 e. The van der Waals surface area contributed by atoms with Gasteiger partial charge in [-0.15, -0.1) is 0 Å². The summed E-state index contributed by atoms with van der Waals surface area (Å²) in [5, 5.41) is 4.65. The Morgan fingerprint density at radius 2 is 1.72 bits per heavy atom. The Bertz CT molecular complexity index is 1110. The Balaban J connectivity index is 2.27. The van der Waals surface area contributed by atoms with Crippen LogP contribution in [0.2, 0.25) is 0 Å². The topological polar surface area (TPSA) is 79.7 Å². The van der Waals surface area contributed by atoms with E-state index in [1.807, 2.05) is 24.3 Å². The number of para-hydroxylation sites is 1. The molecule has 8 heteroatoms. The lowest BCUT2D eigenvalue weighted by molar-refractivity contribution is 0.0549. The van der Waals surface area contributed by atoms with Crippen LogP contribution in [0.25, 0.3) is 16.9 Å². The first-order chi connectivity index (χ1) is 15.4. The van der Waals surface area contributed by atoms with Gasteiger partial charge in [0.15, 0.2) is 5.69 Å². The number of methoxy groups -OCH3 is 2. The fourth-order valence-corrected chi connectivity index (χ4v) is 3.52. The zero-order chi connectivity index (χ0) is 23.3. The van der Waals surface area contributed by atoms with E-state index in [1.165, 1.54) is 18.9 Å². The quantitative estimate of drug-likeness (QED) is 0.390. The molecule has 32 heavy (non-hydrogen) atoms. The second-order valence-electron chi connectivity index (χ2n) is 7.47. The molecule has 0 atom stereocenters. The van der Waals surface area contributed by atoms with Gasteiger partial charge < -0.3 is 14.2 Å². The van der Waals surface area contributed by atoms with Crippen molar-refractivity contribution < 1.29 is 23.8 Å². The summed E-state index contributed by atoms with van der Waals surface area (Å²) < 4.78 is 18.2. The van der Waals surface area contributed by atoms with Crippen molar-refractivity contribution >= 4 is 27.9 Å². The Hall–Kier alpha value is -3.13. The second kappa shape index (κ2) is 10.5. The molecule has 0 amide bonds. The first-order valence-corrected chi connectivity index (χ1v) is 10.9. The predicted octanol–water partition coefficient (Wildman–Crippen LogP) is 5.30. The number of esters is 2. The van der Waals surface area contributed by atoms with Crippen molar-refractivity contribution in [1.29, 1.82) is 0 Å². The maximum absolute atomic E-state index is 12.9. The van der Waals surface area contributed by atoms with Crippen LogP contribution in [0.5, 0.6) is 5.75 Å². The van der Waals surface area contributed by atoms with Crippen molar-refractivity contribution in [2.45, 2.75) is 20.3 Å². The molecule has 0 aliphatic carbocycles. The van der Waals surface area contributed by atoms with Gasteiger partial charge in [0.25, 0.3) is 0 Å². The number of carbonyl (C=O) groups is 2. The van der Waals surface area contributed by atoms with Gasteiger partial charge >= 0.3 is 11.9 Å². The normalized spacial score (nSPS) is 10.8. The van der Waals surface area contributed by atoms with Gasteiger partial charge in [-0.1, -0.05) is 48.0 Å². The second-order valence-corrected chi connectivity index (χ2v) is 8.39. The molecule has 0 aliphatic rings. The third-order valence-corrected chi connectivity index (χ3v) is 5.30. The van der Waals surface area contributed by atoms with Crippen LogP contribution in [0.1, 0.15) is 41.1 Å². The van der Waals surface area contributed by atoms with Gasteiger partial charge in [-0.2, -0.15) is 5.10 Å². The Morgan fingerprint density at radius 1 is 1.03 bits per heavy atom. The number of nitrogens with zero attached hydrogens (tertiary/aromatic N) is 2. The van der Waals surface area contributed by atoms with E-state index in [9.17, 15) is 9.59 Å². The number of halogens is 1. The standard InChI is InChI=1S/C24H25BrN2O5/c1-15(2)12-13-32-19-11-10-16(25)14-18(19)21-20(23(28)30-3)22(24(29)31-4)27(26-21)17-8-6-5-7-9-17/h5-11,14-15H,12-13H2,1-4H3.